The van der Waals surface area contributed by atoms with Gasteiger partial charge in [-0.25, -0.2) is 13.6 Å². The lowest BCUT2D eigenvalue weighted by Gasteiger charge is -2.22. The third kappa shape index (κ3) is 4.27. The van der Waals surface area contributed by atoms with Crippen molar-refractivity contribution in [3.05, 3.63) is 17.0 Å². The van der Waals surface area contributed by atoms with Crippen molar-refractivity contribution >= 4 is 27.3 Å². The number of primary sulfonamides is 1. The normalized spacial score (nSPS) is 19.8. The molecule has 1 fully saturated rings. The van der Waals surface area contributed by atoms with E-state index in [1.165, 1.54) is 17.9 Å². The van der Waals surface area contributed by atoms with E-state index in [1.807, 2.05) is 0 Å². The summed E-state index contributed by atoms with van der Waals surface area (Å²) in [7, 11) is -3.73. The van der Waals surface area contributed by atoms with E-state index in [0.717, 1.165) is 37.2 Å². The quantitative estimate of drug-likeness (QED) is 0.849. The molecule has 1 unspecified atom stereocenters. The zero-order chi connectivity index (χ0) is 14.6. The Bertz CT molecular complexity index is 562. The third-order valence-corrected chi connectivity index (χ3v) is 5.53. The van der Waals surface area contributed by atoms with Crippen LogP contribution in [0.1, 0.15) is 36.0 Å². The fourth-order valence-electron chi connectivity index (χ4n) is 2.07. The Morgan fingerprint density at radius 1 is 1.50 bits per heavy atom. The van der Waals surface area contributed by atoms with Crippen LogP contribution in [-0.2, 0) is 14.8 Å². The molecule has 0 aromatic carbocycles. The Kier molecular flexibility index (Phi) is 5.14. The molecule has 1 aliphatic heterocycles. The standard InChI is InChI=1S/C12H18N2O4S2/c13-20(16,17)11-7-9(8-19-11)12(15)14-5-4-10-3-1-2-6-18-10/h7-8,10H,1-6H2,(H,14,15)(H2,13,16,17). The van der Waals surface area contributed by atoms with Crippen molar-refractivity contribution < 1.29 is 17.9 Å². The van der Waals surface area contributed by atoms with E-state index in [0.29, 0.717) is 12.1 Å². The minimum Gasteiger partial charge on any atom is -0.378 e. The van der Waals surface area contributed by atoms with Crippen LogP contribution >= 0.6 is 11.3 Å². The van der Waals surface area contributed by atoms with E-state index < -0.39 is 10.0 Å². The number of thiophene rings is 1. The van der Waals surface area contributed by atoms with Gasteiger partial charge in [-0.05, 0) is 31.7 Å². The van der Waals surface area contributed by atoms with Crippen molar-refractivity contribution in [1.82, 2.24) is 5.32 Å². The molecular weight excluding hydrogens is 300 g/mol. The second kappa shape index (κ2) is 6.66. The monoisotopic (exact) mass is 318 g/mol. The molecule has 0 aliphatic carbocycles. The number of amides is 1. The molecule has 1 saturated heterocycles. The smallest absolute Gasteiger partial charge is 0.252 e. The number of rotatable bonds is 5. The molecule has 20 heavy (non-hydrogen) atoms. The Hall–Kier alpha value is -0.960. The number of carbonyl (C=O) groups excluding carboxylic acids is 1. The molecule has 2 rings (SSSR count). The molecule has 0 spiro atoms. The van der Waals surface area contributed by atoms with E-state index in [4.69, 9.17) is 9.88 Å². The average molecular weight is 318 g/mol. The largest absolute Gasteiger partial charge is 0.378 e. The zero-order valence-electron chi connectivity index (χ0n) is 11.0. The Morgan fingerprint density at radius 3 is 2.90 bits per heavy atom. The van der Waals surface area contributed by atoms with Gasteiger partial charge in [0.15, 0.2) is 0 Å². The Balaban J connectivity index is 1.81. The lowest BCUT2D eigenvalue weighted by Crippen LogP contribution is -2.29. The second-order valence-electron chi connectivity index (χ2n) is 4.73. The molecule has 1 aromatic heterocycles. The molecule has 3 N–H and O–H groups in total. The van der Waals surface area contributed by atoms with Crippen LogP contribution in [0.5, 0.6) is 0 Å². The summed E-state index contributed by atoms with van der Waals surface area (Å²) in [6.07, 6.45) is 4.29. The average Bonchev–Trinajstić information content (AvgIpc) is 2.89. The third-order valence-electron chi connectivity index (χ3n) is 3.14. The number of nitrogens with two attached hydrogens (primary N) is 1. The van der Waals surface area contributed by atoms with Crippen molar-refractivity contribution in [3.8, 4) is 0 Å². The van der Waals surface area contributed by atoms with Crippen LogP contribution in [0.3, 0.4) is 0 Å². The highest BCUT2D eigenvalue weighted by Crippen LogP contribution is 2.19. The van der Waals surface area contributed by atoms with Crippen molar-refractivity contribution in [1.29, 1.82) is 0 Å². The summed E-state index contributed by atoms with van der Waals surface area (Å²) >= 11 is 0.948. The van der Waals surface area contributed by atoms with Crippen LogP contribution in [0.4, 0.5) is 0 Å². The molecule has 112 valence electrons. The number of nitrogens with one attached hydrogen (secondary N) is 1. The van der Waals surface area contributed by atoms with Crippen LogP contribution < -0.4 is 10.5 Å². The van der Waals surface area contributed by atoms with Gasteiger partial charge in [0, 0.05) is 18.5 Å². The van der Waals surface area contributed by atoms with E-state index >= 15 is 0 Å². The van der Waals surface area contributed by atoms with Crippen LogP contribution in [-0.4, -0.2) is 33.6 Å². The molecule has 8 heteroatoms. The lowest BCUT2D eigenvalue weighted by atomic mass is 10.1. The fourth-order valence-corrected chi connectivity index (χ4v) is 3.65. The first-order chi connectivity index (χ1) is 9.47. The predicted octanol–water partition coefficient (Wildman–Crippen LogP) is 1.08. The van der Waals surface area contributed by atoms with Gasteiger partial charge in [0.1, 0.15) is 4.21 Å². The number of carbonyl (C=O) groups is 1. The van der Waals surface area contributed by atoms with Gasteiger partial charge in [0.2, 0.25) is 10.0 Å². The number of hydrogen-bond acceptors (Lipinski definition) is 5. The predicted molar refractivity (Wildman–Crippen MR) is 76.2 cm³/mol. The first kappa shape index (κ1) is 15.4. The van der Waals surface area contributed by atoms with E-state index in [9.17, 15) is 13.2 Å². The maximum atomic E-state index is 11.8. The molecule has 0 radical (unpaired) electrons. The summed E-state index contributed by atoms with van der Waals surface area (Å²) in [5, 5.41) is 9.26. The molecule has 1 atom stereocenters. The number of sulfonamides is 1. The van der Waals surface area contributed by atoms with Crippen molar-refractivity contribution in [3.63, 3.8) is 0 Å². The van der Waals surface area contributed by atoms with E-state index in [2.05, 4.69) is 5.32 Å². The number of ether oxygens (including phenoxy) is 1. The SMILES string of the molecule is NS(=O)(=O)c1cc(C(=O)NCCC2CCCCO2)cs1. The van der Waals surface area contributed by atoms with Crippen molar-refractivity contribution in [2.24, 2.45) is 5.14 Å². The lowest BCUT2D eigenvalue weighted by molar-refractivity contribution is 0.0117. The van der Waals surface area contributed by atoms with Crippen LogP contribution in [0.15, 0.2) is 15.7 Å². The summed E-state index contributed by atoms with van der Waals surface area (Å²) in [5.74, 6) is -0.285. The summed E-state index contributed by atoms with van der Waals surface area (Å²) in [6, 6.07) is 1.30. The molecule has 2 heterocycles. The zero-order valence-corrected chi connectivity index (χ0v) is 12.6. The Labute approximate surface area is 122 Å². The van der Waals surface area contributed by atoms with Gasteiger partial charge >= 0.3 is 0 Å². The van der Waals surface area contributed by atoms with E-state index in [1.54, 1.807) is 0 Å². The summed E-state index contributed by atoms with van der Waals surface area (Å²) < 4.78 is 27.8. The highest BCUT2D eigenvalue weighted by molar-refractivity contribution is 7.91. The van der Waals surface area contributed by atoms with Gasteiger partial charge in [-0.3, -0.25) is 4.79 Å². The van der Waals surface area contributed by atoms with Crippen LogP contribution in [0, 0.1) is 0 Å². The van der Waals surface area contributed by atoms with Gasteiger partial charge in [-0.2, -0.15) is 0 Å². The van der Waals surface area contributed by atoms with E-state index in [-0.39, 0.29) is 16.2 Å². The molecule has 6 nitrogen and oxygen atoms in total. The molecular formula is C12H18N2O4S2. The second-order valence-corrected chi connectivity index (χ2v) is 7.43. The highest BCUT2D eigenvalue weighted by Gasteiger charge is 2.16. The van der Waals surface area contributed by atoms with Crippen molar-refractivity contribution in [2.45, 2.75) is 36.0 Å². The topological polar surface area (TPSA) is 98.5 Å². The van der Waals surface area contributed by atoms with Gasteiger partial charge < -0.3 is 10.1 Å². The Morgan fingerprint density at radius 2 is 2.30 bits per heavy atom. The van der Waals surface area contributed by atoms with Gasteiger partial charge in [0.25, 0.3) is 5.91 Å². The highest BCUT2D eigenvalue weighted by atomic mass is 32.2. The maximum Gasteiger partial charge on any atom is 0.252 e. The minimum atomic E-state index is -3.73. The van der Waals surface area contributed by atoms with Crippen LogP contribution in [0.25, 0.3) is 0 Å². The number of hydrogen-bond donors (Lipinski definition) is 2. The first-order valence-electron chi connectivity index (χ1n) is 6.48. The minimum absolute atomic E-state index is 0.00161. The summed E-state index contributed by atoms with van der Waals surface area (Å²) in [6.45, 7) is 1.31. The van der Waals surface area contributed by atoms with Gasteiger partial charge in [-0.15, -0.1) is 11.3 Å². The molecule has 0 saturated carbocycles. The van der Waals surface area contributed by atoms with Gasteiger partial charge in [0.05, 0.1) is 11.7 Å². The fraction of sp³-hybridized carbons (Fsp3) is 0.583. The molecule has 1 aliphatic rings. The van der Waals surface area contributed by atoms with Crippen LogP contribution in [0.2, 0.25) is 0 Å². The first-order valence-corrected chi connectivity index (χ1v) is 8.90. The van der Waals surface area contributed by atoms with Crippen molar-refractivity contribution in [2.75, 3.05) is 13.2 Å². The summed E-state index contributed by atoms with van der Waals surface area (Å²) in [5.41, 5.74) is 0.323. The van der Waals surface area contributed by atoms with Gasteiger partial charge in [-0.1, -0.05) is 0 Å². The molecule has 0 bridgehead atoms. The molecule has 1 aromatic rings. The molecule has 1 amide bonds. The maximum absolute atomic E-state index is 11.8. The summed E-state index contributed by atoms with van der Waals surface area (Å²) in [4.78, 5) is 11.8.